The number of hydrogen-bond acceptors (Lipinski definition) is 3. The molecular formula is C3H4OPS3+. The Hall–Kier alpha value is 0.630. The van der Waals surface area contributed by atoms with Gasteiger partial charge < -0.3 is 0 Å². The summed E-state index contributed by atoms with van der Waals surface area (Å²) in [7, 11) is 0. The van der Waals surface area contributed by atoms with Gasteiger partial charge in [-0.05, 0) is 6.08 Å². The van der Waals surface area contributed by atoms with Gasteiger partial charge in [-0.2, -0.15) is 0 Å². The normalized spacial score (nSPS) is 10.4. The molecule has 0 aromatic heterocycles. The number of carbonyl (C=O) groups is 1. The van der Waals surface area contributed by atoms with Crippen LogP contribution in [-0.2, 0) is 16.6 Å². The maximum Gasteiger partial charge on any atom is 0.322 e. The Morgan fingerprint density at radius 3 is 2.62 bits per heavy atom. The van der Waals surface area contributed by atoms with Crippen molar-refractivity contribution in [3.63, 3.8) is 0 Å². The highest BCUT2D eigenvalue weighted by atomic mass is 33.2. The van der Waals surface area contributed by atoms with Crippen LogP contribution in [0.3, 0.4) is 0 Å². The van der Waals surface area contributed by atoms with Gasteiger partial charge >= 0.3 is 5.10 Å². The molecule has 1 atom stereocenters. The lowest BCUT2D eigenvalue weighted by molar-refractivity contribution is -0.106. The molecule has 0 heterocycles. The minimum Gasteiger partial charge on any atom is -0.278 e. The number of hydrogen-bond donors (Lipinski definition) is 1. The van der Waals surface area contributed by atoms with E-state index in [-0.39, 0.29) is 5.12 Å². The maximum absolute atomic E-state index is 10.4. The molecule has 0 amide bonds. The Labute approximate surface area is 63.3 Å². The standard InChI is InChI=1S/C3H3OPS3/c1-2-3(4)8-5(6)7/h2H,1H2/p+1. The quantitative estimate of drug-likeness (QED) is 0.401. The third-order valence-electron chi connectivity index (χ3n) is 0.335. The van der Waals surface area contributed by atoms with Crippen LogP contribution in [0.5, 0.6) is 0 Å². The molecule has 5 heteroatoms. The topological polar surface area (TPSA) is 17.1 Å². The van der Waals surface area contributed by atoms with Gasteiger partial charge in [0.1, 0.15) is 0 Å². The fourth-order valence-electron chi connectivity index (χ4n) is 0.114. The Kier molecular flexibility index (Phi) is 4.86. The van der Waals surface area contributed by atoms with E-state index < -0.39 is 5.10 Å². The molecule has 0 radical (unpaired) electrons. The summed E-state index contributed by atoms with van der Waals surface area (Å²) in [5, 5.41) is -0.968. The highest BCUT2D eigenvalue weighted by Gasteiger charge is 2.10. The van der Waals surface area contributed by atoms with Crippen molar-refractivity contribution in [2.24, 2.45) is 0 Å². The van der Waals surface area contributed by atoms with Crippen molar-refractivity contribution < 1.29 is 4.79 Å². The predicted molar refractivity (Wildman–Crippen MR) is 46.1 cm³/mol. The van der Waals surface area contributed by atoms with Crippen molar-refractivity contribution in [1.29, 1.82) is 0 Å². The first-order valence-corrected chi connectivity index (χ1v) is 6.60. The smallest absolute Gasteiger partial charge is 0.278 e. The highest BCUT2D eigenvalue weighted by Crippen LogP contribution is 2.42. The zero-order valence-electron chi connectivity index (χ0n) is 3.90. The zero-order valence-corrected chi connectivity index (χ0v) is 7.33. The molecule has 0 rings (SSSR count). The van der Waals surface area contributed by atoms with Crippen LogP contribution in [0.2, 0.25) is 0 Å². The van der Waals surface area contributed by atoms with Crippen molar-refractivity contribution in [1.82, 2.24) is 0 Å². The van der Waals surface area contributed by atoms with Gasteiger partial charge in [0.05, 0.1) is 12.2 Å². The molecule has 0 spiro atoms. The lowest BCUT2D eigenvalue weighted by Crippen LogP contribution is -1.74. The van der Waals surface area contributed by atoms with Gasteiger partial charge in [-0.1, -0.05) is 6.58 Å². The molecule has 0 aliphatic heterocycles. The Bertz CT molecular complexity index is 132. The summed E-state index contributed by atoms with van der Waals surface area (Å²) >= 11 is 9.55. The average Bonchev–Trinajstić information content (AvgIpc) is 1.65. The summed E-state index contributed by atoms with van der Waals surface area (Å²) in [6.07, 6.45) is 1.24. The van der Waals surface area contributed by atoms with E-state index >= 15 is 0 Å². The molecule has 0 saturated carbocycles. The summed E-state index contributed by atoms with van der Waals surface area (Å²) in [5.74, 6) is 0. The summed E-state index contributed by atoms with van der Waals surface area (Å²) in [6, 6.07) is 0. The van der Waals surface area contributed by atoms with Crippen LogP contribution in [0.4, 0.5) is 0 Å². The van der Waals surface area contributed by atoms with Crippen LogP contribution in [0, 0.1) is 0 Å². The number of thiol groups is 1. The van der Waals surface area contributed by atoms with Crippen molar-refractivity contribution in [2.45, 2.75) is 0 Å². The molecule has 0 aliphatic carbocycles. The second kappa shape index (κ2) is 4.50. The van der Waals surface area contributed by atoms with E-state index in [1.165, 1.54) is 6.08 Å². The monoisotopic (exact) mass is 183 g/mol. The van der Waals surface area contributed by atoms with E-state index in [0.717, 1.165) is 11.4 Å². The van der Waals surface area contributed by atoms with Crippen LogP contribution in [0.1, 0.15) is 0 Å². The Balaban J connectivity index is 3.55. The second-order valence-electron chi connectivity index (χ2n) is 0.852. The number of carbonyl (C=O) groups excluding carboxylic acids is 1. The van der Waals surface area contributed by atoms with Crippen LogP contribution >= 0.6 is 28.7 Å². The first-order chi connectivity index (χ1) is 3.66. The van der Waals surface area contributed by atoms with Gasteiger partial charge in [-0.3, -0.25) is 4.79 Å². The van der Waals surface area contributed by atoms with Gasteiger partial charge in [0.25, 0.3) is 5.12 Å². The molecular weight excluding hydrogens is 179 g/mol. The minimum atomic E-state index is -0.872. The third-order valence-corrected chi connectivity index (χ3v) is 3.25. The van der Waals surface area contributed by atoms with Crippen molar-refractivity contribution in [3.8, 4) is 0 Å². The average molecular weight is 183 g/mol. The van der Waals surface area contributed by atoms with E-state index in [1.54, 1.807) is 0 Å². The van der Waals surface area contributed by atoms with Gasteiger partial charge in [0.2, 0.25) is 0 Å². The van der Waals surface area contributed by atoms with Gasteiger partial charge in [-0.25, -0.2) is 0 Å². The number of rotatable bonds is 2. The molecule has 8 heavy (non-hydrogen) atoms. The van der Waals surface area contributed by atoms with Gasteiger partial charge in [0, 0.05) is 0 Å². The van der Waals surface area contributed by atoms with E-state index in [2.05, 4.69) is 30.6 Å². The predicted octanol–water partition coefficient (Wildman–Crippen LogP) is 2.14. The van der Waals surface area contributed by atoms with E-state index in [9.17, 15) is 4.79 Å². The highest BCUT2D eigenvalue weighted by molar-refractivity contribution is 8.93. The van der Waals surface area contributed by atoms with Gasteiger partial charge in [0.15, 0.2) is 23.2 Å². The van der Waals surface area contributed by atoms with E-state index in [4.69, 9.17) is 0 Å². The van der Waals surface area contributed by atoms with Crippen LogP contribution < -0.4 is 0 Å². The fourth-order valence-corrected chi connectivity index (χ4v) is 2.41. The fraction of sp³-hybridized carbons (Fsp3) is 0. The van der Waals surface area contributed by atoms with E-state index in [1.807, 2.05) is 0 Å². The maximum atomic E-state index is 10.4. The second-order valence-corrected chi connectivity index (χ2v) is 8.17. The molecule has 1 unspecified atom stereocenters. The lowest BCUT2D eigenvalue weighted by atomic mass is 10.7. The van der Waals surface area contributed by atoms with Crippen LogP contribution in [-0.4, -0.2) is 5.12 Å². The summed E-state index contributed by atoms with van der Waals surface area (Å²) in [6.45, 7) is 3.27. The SMILES string of the molecule is C=CC(=O)S[P+](=S)S. The Morgan fingerprint density at radius 2 is 2.50 bits per heavy atom. The largest absolute Gasteiger partial charge is 0.322 e. The van der Waals surface area contributed by atoms with Crippen molar-refractivity contribution in [3.05, 3.63) is 12.7 Å². The van der Waals surface area contributed by atoms with Crippen LogP contribution in [0.15, 0.2) is 12.7 Å². The molecule has 0 aromatic rings. The summed E-state index contributed by atoms with van der Waals surface area (Å²) in [5.41, 5.74) is 0. The zero-order chi connectivity index (χ0) is 6.57. The minimum absolute atomic E-state index is 0.0962. The molecule has 0 saturated heterocycles. The molecule has 0 aromatic carbocycles. The summed E-state index contributed by atoms with van der Waals surface area (Å²) in [4.78, 5) is 10.4. The molecule has 0 fully saturated rings. The molecule has 0 N–H and O–H groups in total. The third kappa shape index (κ3) is 4.78. The molecule has 0 aliphatic rings. The van der Waals surface area contributed by atoms with E-state index in [0.29, 0.717) is 0 Å². The van der Waals surface area contributed by atoms with Crippen molar-refractivity contribution in [2.75, 3.05) is 0 Å². The summed E-state index contributed by atoms with van der Waals surface area (Å²) < 4.78 is 0. The molecule has 44 valence electrons. The molecule has 0 bridgehead atoms. The first-order valence-electron chi connectivity index (χ1n) is 1.67. The molecule has 1 nitrogen and oxygen atoms in total. The van der Waals surface area contributed by atoms with Gasteiger partial charge in [-0.15, -0.1) is 0 Å². The van der Waals surface area contributed by atoms with Crippen LogP contribution in [0.25, 0.3) is 0 Å². The first kappa shape index (κ1) is 8.63. The van der Waals surface area contributed by atoms with Crippen molar-refractivity contribution >= 4 is 45.7 Å². The lowest BCUT2D eigenvalue weighted by Gasteiger charge is -1.72. The Morgan fingerprint density at radius 1 is 2.00 bits per heavy atom.